The van der Waals surface area contributed by atoms with Gasteiger partial charge >= 0.3 is 10.1 Å². The summed E-state index contributed by atoms with van der Waals surface area (Å²) in [5.41, 5.74) is 2.57. The van der Waals surface area contributed by atoms with E-state index in [4.69, 9.17) is 32.1 Å². The Morgan fingerprint density at radius 3 is 2.57 bits per heavy atom. The quantitative estimate of drug-likeness (QED) is 0.178. The minimum Gasteiger partial charge on any atom is -0.490 e. The largest absolute Gasteiger partial charge is 0.490 e. The lowest BCUT2D eigenvalue weighted by Crippen LogP contribution is -2.18. The van der Waals surface area contributed by atoms with E-state index in [1.807, 2.05) is 0 Å². The molecule has 0 aliphatic rings. The summed E-state index contributed by atoms with van der Waals surface area (Å²) in [7, 11) is -4.39. The van der Waals surface area contributed by atoms with Crippen molar-refractivity contribution in [3.05, 3.63) is 92.0 Å². The number of rotatable bonds is 9. The first kappa shape index (κ1) is 25.9. The second-order valence-corrected chi connectivity index (χ2v) is 9.14. The zero-order chi connectivity index (χ0) is 25.6. The zero-order valence-corrected chi connectivity index (χ0v) is 20.3. The molecular formula is C22H17Cl2N3O7S. The number of hydrogen-bond donors (Lipinski definition) is 1. The molecule has 0 aliphatic heterocycles. The first-order valence-corrected chi connectivity index (χ1v) is 12.0. The lowest BCUT2D eigenvalue weighted by atomic mass is 10.2. The van der Waals surface area contributed by atoms with Gasteiger partial charge < -0.3 is 8.92 Å². The van der Waals surface area contributed by atoms with E-state index < -0.39 is 26.6 Å². The highest BCUT2D eigenvalue weighted by molar-refractivity contribution is 7.87. The fraction of sp³-hybridized carbons (Fsp3) is 0.0909. The number of nitrogens with one attached hydrogen (secondary N) is 1. The van der Waals surface area contributed by atoms with E-state index >= 15 is 0 Å². The highest BCUT2D eigenvalue weighted by atomic mass is 35.5. The monoisotopic (exact) mass is 537 g/mol. The van der Waals surface area contributed by atoms with Crippen LogP contribution >= 0.6 is 23.2 Å². The molecule has 182 valence electrons. The van der Waals surface area contributed by atoms with Crippen molar-refractivity contribution in [1.29, 1.82) is 0 Å². The number of hydrazone groups is 1. The van der Waals surface area contributed by atoms with Crippen LogP contribution in [-0.2, 0) is 10.1 Å². The van der Waals surface area contributed by atoms with Crippen LogP contribution in [0.15, 0.2) is 70.7 Å². The molecule has 13 heteroatoms. The Labute approximate surface area is 210 Å². The molecular weight excluding hydrogens is 521 g/mol. The molecule has 0 spiro atoms. The molecule has 0 aromatic heterocycles. The van der Waals surface area contributed by atoms with Gasteiger partial charge in [0.25, 0.3) is 11.6 Å². The topological polar surface area (TPSA) is 137 Å². The first-order valence-electron chi connectivity index (χ1n) is 9.85. The number of non-ortho nitro benzene ring substituents is 1. The molecule has 35 heavy (non-hydrogen) atoms. The number of nitrogens with zero attached hydrogens (tertiary/aromatic N) is 2. The van der Waals surface area contributed by atoms with Crippen LogP contribution in [0.25, 0.3) is 0 Å². The molecule has 1 amide bonds. The lowest BCUT2D eigenvalue weighted by molar-refractivity contribution is -0.385. The lowest BCUT2D eigenvalue weighted by Gasteiger charge is -2.12. The van der Waals surface area contributed by atoms with E-state index in [1.165, 1.54) is 60.8 Å². The number of ether oxygens (including phenoxy) is 1. The summed E-state index contributed by atoms with van der Waals surface area (Å²) in [6, 6.07) is 13.1. The molecule has 0 saturated carbocycles. The van der Waals surface area contributed by atoms with Gasteiger partial charge in [0, 0.05) is 17.2 Å². The van der Waals surface area contributed by atoms with Crippen LogP contribution in [0.5, 0.6) is 11.5 Å². The van der Waals surface area contributed by atoms with Crippen molar-refractivity contribution < 1.29 is 27.1 Å². The van der Waals surface area contributed by atoms with Crippen molar-refractivity contribution in [2.24, 2.45) is 5.10 Å². The average molecular weight is 538 g/mol. The van der Waals surface area contributed by atoms with Gasteiger partial charge in [-0.25, -0.2) is 5.43 Å². The molecule has 3 aromatic rings. The second-order valence-electron chi connectivity index (χ2n) is 6.75. The van der Waals surface area contributed by atoms with Gasteiger partial charge in [-0.15, -0.1) is 0 Å². The fourth-order valence-corrected chi connectivity index (χ4v) is 4.24. The Morgan fingerprint density at radius 2 is 1.89 bits per heavy atom. The molecule has 0 atom stereocenters. The second kappa shape index (κ2) is 11.2. The Morgan fingerprint density at radius 1 is 1.11 bits per heavy atom. The van der Waals surface area contributed by atoms with Gasteiger partial charge in [-0.1, -0.05) is 29.3 Å². The van der Waals surface area contributed by atoms with Crippen LogP contribution < -0.4 is 14.3 Å². The fourth-order valence-electron chi connectivity index (χ4n) is 2.76. The summed E-state index contributed by atoms with van der Waals surface area (Å²) in [5.74, 6) is -0.610. The summed E-state index contributed by atoms with van der Waals surface area (Å²) in [4.78, 5) is 22.1. The average Bonchev–Trinajstić information content (AvgIpc) is 2.80. The van der Waals surface area contributed by atoms with E-state index in [9.17, 15) is 23.3 Å². The smallest absolute Gasteiger partial charge is 0.339 e. The van der Waals surface area contributed by atoms with Crippen molar-refractivity contribution in [1.82, 2.24) is 5.43 Å². The number of amides is 1. The minimum atomic E-state index is -4.39. The van der Waals surface area contributed by atoms with Crippen LogP contribution in [0.3, 0.4) is 0 Å². The van der Waals surface area contributed by atoms with Crippen LogP contribution in [0.4, 0.5) is 5.69 Å². The highest BCUT2D eigenvalue weighted by Gasteiger charge is 2.22. The third-order valence-corrected chi connectivity index (χ3v) is 6.12. The number of halogens is 2. The number of nitro benzene ring substituents is 1. The van der Waals surface area contributed by atoms with Gasteiger partial charge in [0.15, 0.2) is 11.5 Å². The third kappa shape index (κ3) is 6.69. The maximum atomic E-state index is 12.7. The van der Waals surface area contributed by atoms with E-state index in [1.54, 1.807) is 6.92 Å². The summed E-state index contributed by atoms with van der Waals surface area (Å²) >= 11 is 11.8. The maximum absolute atomic E-state index is 12.7. The molecule has 0 radical (unpaired) electrons. The van der Waals surface area contributed by atoms with Crippen LogP contribution in [0, 0.1) is 10.1 Å². The molecule has 1 N–H and O–H groups in total. The van der Waals surface area contributed by atoms with Crippen LogP contribution in [0.2, 0.25) is 10.0 Å². The Balaban J connectivity index is 1.79. The maximum Gasteiger partial charge on any atom is 0.339 e. The Bertz CT molecular complexity index is 1410. The molecule has 3 aromatic carbocycles. The van der Waals surface area contributed by atoms with Crippen LogP contribution in [-0.4, -0.2) is 32.1 Å². The van der Waals surface area contributed by atoms with E-state index in [0.717, 1.165) is 6.07 Å². The van der Waals surface area contributed by atoms with Gasteiger partial charge in [0.05, 0.1) is 28.3 Å². The number of carbonyl (C=O) groups is 1. The molecule has 3 rings (SSSR count). The zero-order valence-electron chi connectivity index (χ0n) is 18.0. The molecule has 0 aliphatic carbocycles. The summed E-state index contributed by atoms with van der Waals surface area (Å²) in [6.07, 6.45) is 1.31. The molecule has 0 bridgehead atoms. The number of hydrogen-bond acceptors (Lipinski definition) is 8. The first-order chi connectivity index (χ1) is 16.6. The van der Waals surface area contributed by atoms with Gasteiger partial charge in [0.1, 0.15) is 4.90 Å². The SMILES string of the molecule is CCOc1cc(/C=N\NC(=O)c2ccc(Cl)cc2Cl)ccc1OS(=O)(=O)c1cccc([N+](=O)[O-])c1. The van der Waals surface area contributed by atoms with Gasteiger partial charge in [-0.2, -0.15) is 13.5 Å². The van der Waals surface area contributed by atoms with Crippen molar-refractivity contribution >= 4 is 51.1 Å². The summed E-state index contributed by atoms with van der Waals surface area (Å²) in [6.45, 7) is 1.88. The van der Waals surface area contributed by atoms with Gasteiger partial charge in [-0.3, -0.25) is 14.9 Å². The van der Waals surface area contributed by atoms with Crippen molar-refractivity contribution in [2.75, 3.05) is 6.61 Å². The number of benzene rings is 3. The predicted molar refractivity (Wildman–Crippen MR) is 130 cm³/mol. The van der Waals surface area contributed by atoms with E-state index in [-0.39, 0.29) is 33.6 Å². The highest BCUT2D eigenvalue weighted by Crippen LogP contribution is 2.31. The molecule has 0 saturated heterocycles. The predicted octanol–water partition coefficient (Wildman–Crippen LogP) is 4.83. The molecule has 0 heterocycles. The molecule has 10 nitrogen and oxygen atoms in total. The van der Waals surface area contributed by atoms with E-state index in [0.29, 0.717) is 10.6 Å². The Kier molecular flexibility index (Phi) is 8.28. The van der Waals surface area contributed by atoms with Crippen molar-refractivity contribution in [3.8, 4) is 11.5 Å². The van der Waals surface area contributed by atoms with E-state index in [2.05, 4.69) is 10.5 Å². The molecule has 0 unspecified atom stereocenters. The summed E-state index contributed by atoms with van der Waals surface area (Å²) < 4.78 is 35.9. The minimum absolute atomic E-state index is 0.0810. The molecule has 0 fully saturated rings. The Hall–Kier alpha value is -3.67. The van der Waals surface area contributed by atoms with Crippen molar-refractivity contribution in [3.63, 3.8) is 0 Å². The van der Waals surface area contributed by atoms with Crippen molar-refractivity contribution in [2.45, 2.75) is 11.8 Å². The van der Waals surface area contributed by atoms with Gasteiger partial charge in [0.2, 0.25) is 0 Å². The number of carbonyl (C=O) groups excluding carboxylic acids is 1. The third-order valence-electron chi connectivity index (χ3n) is 4.34. The number of nitro groups is 1. The standard InChI is InChI=1S/C22H17Cl2N3O7S/c1-2-33-21-10-14(13-25-26-22(28)18-8-7-15(23)11-19(18)24)6-9-20(21)34-35(31,32)17-5-3-4-16(12-17)27(29)30/h3-13H,2H2,1H3,(H,26,28)/b25-13-. The van der Waals surface area contributed by atoms with Gasteiger partial charge in [-0.05, 0) is 55.0 Å². The normalized spacial score (nSPS) is 11.3. The van der Waals surface area contributed by atoms with Crippen LogP contribution in [0.1, 0.15) is 22.8 Å². The summed E-state index contributed by atoms with van der Waals surface area (Å²) in [5, 5.41) is 15.4.